The summed E-state index contributed by atoms with van der Waals surface area (Å²) < 4.78 is 11.6. The Hall–Kier alpha value is -4.65. The van der Waals surface area contributed by atoms with E-state index in [1.807, 2.05) is 25.1 Å². The third-order valence-electron chi connectivity index (χ3n) is 5.06. The number of hydrogen-bond acceptors (Lipinski definition) is 5. The molecule has 0 aliphatic carbocycles. The van der Waals surface area contributed by atoms with Crippen molar-refractivity contribution in [1.29, 1.82) is 0 Å². The van der Waals surface area contributed by atoms with Gasteiger partial charge in [0, 0.05) is 34.9 Å². The molecule has 0 bridgehead atoms. The smallest absolute Gasteiger partial charge is 0.255 e. The zero-order valence-electron chi connectivity index (χ0n) is 19.2. The minimum atomic E-state index is -0.307. The fourth-order valence-electron chi connectivity index (χ4n) is 3.35. The Morgan fingerprint density at radius 2 is 1.40 bits per heavy atom. The highest BCUT2D eigenvalue weighted by Gasteiger charge is 2.13. The molecular formula is C28H25N3O4. The van der Waals surface area contributed by atoms with E-state index in [2.05, 4.69) is 15.6 Å². The molecule has 2 amide bonds. The molecular weight excluding hydrogens is 442 g/mol. The standard InChI is InChI=1S/C28H25N3O4/c1-2-34-26-17-22(11-12-25(26)35-19-20-13-15-29-16-14-20)28(33)31-24-10-6-9-23(18-24)30-27(32)21-7-4-3-5-8-21/h3-18H,2,19H2,1H3,(H,30,32)(H,31,33). The lowest BCUT2D eigenvalue weighted by Crippen LogP contribution is -2.14. The van der Waals surface area contributed by atoms with Crippen molar-refractivity contribution in [2.45, 2.75) is 13.5 Å². The molecule has 4 aromatic rings. The summed E-state index contributed by atoms with van der Waals surface area (Å²) in [7, 11) is 0. The number of amides is 2. The first-order chi connectivity index (χ1) is 17.1. The van der Waals surface area contributed by atoms with Crippen molar-refractivity contribution in [3.63, 3.8) is 0 Å². The molecule has 0 atom stereocenters. The van der Waals surface area contributed by atoms with E-state index in [0.717, 1.165) is 5.56 Å². The number of rotatable bonds is 9. The molecule has 0 aliphatic rings. The van der Waals surface area contributed by atoms with Crippen LogP contribution in [0.2, 0.25) is 0 Å². The van der Waals surface area contributed by atoms with Crippen LogP contribution in [-0.2, 0) is 6.61 Å². The number of hydrogen-bond donors (Lipinski definition) is 2. The SMILES string of the molecule is CCOc1cc(C(=O)Nc2cccc(NC(=O)c3ccccc3)c2)ccc1OCc1ccncc1. The number of aromatic nitrogens is 1. The molecule has 0 unspecified atom stereocenters. The third-order valence-corrected chi connectivity index (χ3v) is 5.06. The summed E-state index contributed by atoms with van der Waals surface area (Å²) in [5, 5.41) is 5.71. The number of pyridine rings is 1. The molecule has 4 rings (SSSR count). The van der Waals surface area contributed by atoms with Crippen LogP contribution in [0.5, 0.6) is 11.5 Å². The van der Waals surface area contributed by atoms with Gasteiger partial charge >= 0.3 is 0 Å². The Morgan fingerprint density at radius 3 is 2.09 bits per heavy atom. The van der Waals surface area contributed by atoms with Gasteiger partial charge in [-0.2, -0.15) is 0 Å². The lowest BCUT2D eigenvalue weighted by Gasteiger charge is -2.14. The number of ether oxygens (including phenoxy) is 2. The van der Waals surface area contributed by atoms with Gasteiger partial charge in [0.25, 0.3) is 11.8 Å². The van der Waals surface area contributed by atoms with Gasteiger partial charge in [-0.3, -0.25) is 14.6 Å². The minimum absolute atomic E-state index is 0.224. The van der Waals surface area contributed by atoms with Gasteiger partial charge in [0.2, 0.25) is 0 Å². The second-order valence-electron chi connectivity index (χ2n) is 7.59. The van der Waals surface area contributed by atoms with Crippen LogP contribution in [0.25, 0.3) is 0 Å². The van der Waals surface area contributed by atoms with Crippen LogP contribution in [0.15, 0.2) is 97.3 Å². The molecule has 1 aromatic heterocycles. The molecule has 0 fully saturated rings. The summed E-state index contributed by atoms with van der Waals surface area (Å²) >= 11 is 0. The predicted molar refractivity (Wildman–Crippen MR) is 135 cm³/mol. The van der Waals surface area contributed by atoms with E-state index in [4.69, 9.17) is 9.47 Å². The van der Waals surface area contributed by atoms with Crippen molar-refractivity contribution in [1.82, 2.24) is 4.98 Å². The Bertz CT molecular complexity index is 1290. The Balaban J connectivity index is 1.44. The van der Waals surface area contributed by atoms with Gasteiger partial charge in [0.1, 0.15) is 6.61 Å². The molecule has 7 heteroatoms. The Labute approximate surface area is 203 Å². The van der Waals surface area contributed by atoms with Gasteiger partial charge < -0.3 is 20.1 Å². The van der Waals surface area contributed by atoms with Crippen molar-refractivity contribution in [2.24, 2.45) is 0 Å². The monoisotopic (exact) mass is 467 g/mol. The first-order valence-corrected chi connectivity index (χ1v) is 11.2. The second kappa shape index (κ2) is 11.5. The molecule has 0 saturated carbocycles. The van der Waals surface area contributed by atoms with Crippen LogP contribution in [-0.4, -0.2) is 23.4 Å². The molecule has 0 spiro atoms. The van der Waals surface area contributed by atoms with Crippen molar-refractivity contribution in [3.8, 4) is 11.5 Å². The minimum Gasteiger partial charge on any atom is -0.490 e. The third kappa shape index (κ3) is 6.45. The highest BCUT2D eigenvalue weighted by atomic mass is 16.5. The van der Waals surface area contributed by atoms with Crippen LogP contribution < -0.4 is 20.1 Å². The van der Waals surface area contributed by atoms with Gasteiger partial charge in [-0.25, -0.2) is 0 Å². The number of benzene rings is 3. The topological polar surface area (TPSA) is 89.6 Å². The normalized spacial score (nSPS) is 10.3. The number of nitrogens with zero attached hydrogens (tertiary/aromatic N) is 1. The van der Waals surface area contributed by atoms with E-state index in [1.165, 1.54) is 0 Å². The lowest BCUT2D eigenvalue weighted by molar-refractivity contribution is 0.101. The largest absolute Gasteiger partial charge is 0.490 e. The predicted octanol–water partition coefficient (Wildman–Crippen LogP) is 5.56. The number of carbonyl (C=O) groups excluding carboxylic acids is 2. The average Bonchev–Trinajstić information content (AvgIpc) is 2.89. The van der Waals surface area contributed by atoms with Crippen LogP contribution in [0.3, 0.4) is 0 Å². The van der Waals surface area contributed by atoms with Crippen molar-refractivity contribution < 1.29 is 19.1 Å². The van der Waals surface area contributed by atoms with Crippen LogP contribution >= 0.6 is 0 Å². The molecule has 7 nitrogen and oxygen atoms in total. The summed E-state index contributed by atoms with van der Waals surface area (Å²) in [5.41, 5.74) is 3.08. The first-order valence-electron chi connectivity index (χ1n) is 11.2. The zero-order chi connectivity index (χ0) is 24.5. The number of carbonyl (C=O) groups is 2. The maximum absolute atomic E-state index is 12.9. The van der Waals surface area contributed by atoms with E-state index in [-0.39, 0.29) is 11.8 Å². The summed E-state index contributed by atoms with van der Waals surface area (Å²) in [4.78, 5) is 29.3. The summed E-state index contributed by atoms with van der Waals surface area (Å²) in [6.07, 6.45) is 3.41. The van der Waals surface area contributed by atoms with Crippen molar-refractivity contribution in [2.75, 3.05) is 17.2 Å². The number of anilines is 2. The van der Waals surface area contributed by atoms with Crippen molar-refractivity contribution in [3.05, 3.63) is 114 Å². The molecule has 3 aromatic carbocycles. The maximum atomic E-state index is 12.9. The second-order valence-corrected chi connectivity index (χ2v) is 7.59. The van der Waals surface area contributed by atoms with E-state index >= 15 is 0 Å². The summed E-state index contributed by atoms with van der Waals surface area (Å²) in [6.45, 7) is 2.66. The highest BCUT2D eigenvalue weighted by molar-refractivity contribution is 6.06. The van der Waals surface area contributed by atoms with Crippen LogP contribution in [0, 0.1) is 0 Å². The average molecular weight is 468 g/mol. The highest BCUT2D eigenvalue weighted by Crippen LogP contribution is 2.30. The quantitative estimate of drug-likeness (QED) is 0.336. The van der Waals surface area contributed by atoms with Gasteiger partial charge in [-0.05, 0) is 73.2 Å². The fraction of sp³-hybridized carbons (Fsp3) is 0.107. The van der Waals surface area contributed by atoms with E-state index in [1.54, 1.807) is 79.1 Å². The van der Waals surface area contributed by atoms with E-state index < -0.39 is 0 Å². The number of nitrogens with one attached hydrogen (secondary N) is 2. The molecule has 0 saturated heterocycles. The molecule has 176 valence electrons. The summed E-state index contributed by atoms with van der Waals surface area (Å²) in [5.74, 6) is 0.500. The van der Waals surface area contributed by atoms with Gasteiger partial charge in [0.05, 0.1) is 6.61 Å². The zero-order valence-corrected chi connectivity index (χ0v) is 19.2. The van der Waals surface area contributed by atoms with E-state index in [9.17, 15) is 9.59 Å². The fourth-order valence-corrected chi connectivity index (χ4v) is 3.35. The molecule has 2 N–H and O–H groups in total. The van der Waals surface area contributed by atoms with Gasteiger partial charge in [-0.15, -0.1) is 0 Å². The van der Waals surface area contributed by atoms with Gasteiger partial charge in [0.15, 0.2) is 11.5 Å². The summed E-state index contributed by atoms with van der Waals surface area (Å²) in [6, 6.07) is 24.7. The first kappa shape index (κ1) is 23.5. The Morgan fingerprint density at radius 1 is 0.714 bits per heavy atom. The molecule has 0 radical (unpaired) electrons. The lowest BCUT2D eigenvalue weighted by atomic mass is 10.1. The molecule has 0 aliphatic heterocycles. The molecule has 35 heavy (non-hydrogen) atoms. The Kier molecular flexibility index (Phi) is 7.70. The van der Waals surface area contributed by atoms with E-state index in [0.29, 0.717) is 47.2 Å². The van der Waals surface area contributed by atoms with Gasteiger partial charge in [-0.1, -0.05) is 24.3 Å². The van der Waals surface area contributed by atoms with Crippen LogP contribution in [0.1, 0.15) is 33.2 Å². The van der Waals surface area contributed by atoms with Crippen molar-refractivity contribution >= 4 is 23.2 Å². The van der Waals surface area contributed by atoms with Crippen LogP contribution in [0.4, 0.5) is 11.4 Å². The maximum Gasteiger partial charge on any atom is 0.255 e. The molecule has 1 heterocycles.